The molecule has 1 aliphatic heterocycles. The fraction of sp³-hybridized carbons (Fsp3) is 0.611. The van der Waals surface area contributed by atoms with Crippen molar-refractivity contribution in [1.29, 1.82) is 0 Å². The summed E-state index contributed by atoms with van der Waals surface area (Å²) in [5.41, 5.74) is 0.658. The molecule has 3 rings (SSSR count). The Hall–Kier alpha value is -1.46. The topological polar surface area (TPSA) is 43.8 Å². The number of hydrogen-bond donors (Lipinski definition) is 1. The van der Waals surface area contributed by atoms with E-state index in [1.165, 1.54) is 12.1 Å². The SMILES string of the molecule is CN1CCCC(C(=O)N(CC(O)c2ccc(F)cc2)C2CC2)C1. The van der Waals surface area contributed by atoms with Crippen molar-refractivity contribution < 1.29 is 14.3 Å². The van der Waals surface area contributed by atoms with Gasteiger partial charge in [-0.25, -0.2) is 4.39 Å². The molecule has 2 fully saturated rings. The van der Waals surface area contributed by atoms with E-state index >= 15 is 0 Å². The number of nitrogens with zero attached hydrogens (tertiary/aromatic N) is 2. The van der Waals surface area contributed by atoms with Crippen LogP contribution in [-0.2, 0) is 4.79 Å². The highest BCUT2D eigenvalue weighted by molar-refractivity contribution is 5.80. The highest BCUT2D eigenvalue weighted by Gasteiger charge is 2.37. The zero-order valence-electron chi connectivity index (χ0n) is 13.6. The van der Waals surface area contributed by atoms with Crippen molar-refractivity contribution in [2.45, 2.75) is 37.8 Å². The first-order chi connectivity index (χ1) is 11.0. The van der Waals surface area contributed by atoms with E-state index in [0.29, 0.717) is 12.1 Å². The van der Waals surface area contributed by atoms with Crippen molar-refractivity contribution >= 4 is 5.91 Å². The lowest BCUT2D eigenvalue weighted by atomic mass is 9.96. The van der Waals surface area contributed by atoms with Gasteiger partial charge in [-0.05, 0) is 57.0 Å². The van der Waals surface area contributed by atoms with E-state index in [-0.39, 0.29) is 23.7 Å². The molecule has 4 nitrogen and oxygen atoms in total. The van der Waals surface area contributed by atoms with Crippen molar-refractivity contribution in [3.05, 3.63) is 35.6 Å². The molecule has 2 atom stereocenters. The molecular formula is C18H25FN2O2. The maximum atomic E-state index is 13.0. The fourth-order valence-electron chi connectivity index (χ4n) is 3.38. The van der Waals surface area contributed by atoms with Crippen LogP contribution in [0.5, 0.6) is 0 Å². The lowest BCUT2D eigenvalue weighted by molar-refractivity contribution is -0.139. The quantitative estimate of drug-likeness (QED) is 0.904. The van der Waals surface area contributed by atoms with Crippen LogP contribution in [0.3, 0.4) is 0 Å². The average Bonchev–Trinajstić information content (AvgIpc) is 3.37. The van der Waals surface area contributed by atoms with E-state index in [2.05, 4.69) is 4.90 Å². The molecule has 0 bridgehead atoms. The lowest BCUT2D eigenvalue weighted by Gasteiger charge is -2.34. The fourth-order valence-corrected chi connectivity index (χ4v) is 3.38. The van der Waals surface area contributed by atoms with Crippen molar-refractivity contribution in [2.75, 3.05) is 26.7 Å². The molecule has 23 heavy (non-hydrogen) atoms. The number of aliphatic hydroxyl groups is 1. The number of benzene rings is 1. The molecule has 0 aromatic heterocycles. The van der Waals surface area contributed by atoms with E-state index < -0.39 is 6.10 Å². The molecule has 2 unspecified atom stereocenters. The molecular weight excluding hydrogens is 295 g/mol. The number of piperidine rings is 1. The van der Waals surface area contributed by atoms with Crippen LogP contribution in [0.4, 0.5) is 4.39 Å². The van der Waals surface area contributed by atoms with E-state index in [1.54, 1.807) is 12.1 Å². The van der Waals surface area contributed by atoms with E-state index in [0.717, 1.165) is 38.8 Å². The third-order valence-electron chi connectivity index (χ3n) is 4.87. The first-order valence-corrected chi connectivity index (χ1v) is 8.47. The van der Waals surface area contributed by atoms with Crippen molar-refractivity contribution in [3.63, 3.8) is 0 Å². The second-order valence-electron chi connectivity index (χ2n) is 6.89. The van der Waals surface area contributed by atoms with Crippen LogP contribution in [0.15, 0.2) is 24.3 Å². The van der Waals surface area contributed by atoms with Gasteiger partial charge in [-0.2, -0.15) is 0 Å². The third kappa shape index (κ3) is 4.09. The molecule has 1 aromatic rings. The summed E-state index contributed by atoms with van der Waals surface area (Å²) in [6, 6.07) is 6.13. The Morgan fingerprint density at radius 3 is 2.65 bits per heavy atom. The summed E-state index contributed by atoms with van der Waals surface area (Å²) >= 11 is 0. The molecule has 1 N–H and O–H groups in total. The van der Waals surface area contributed by atoms with Crippen molar-refractivity contribution in [2.24, 2.45) is 5.92 Å². The van der Waals surface area contributed by atoms with Crippen LogP contribution in [0.2, 0.25) is 0 Å². The van der Waals surface area contributed by atoms with Crippen molar-refractivity contribution in [1.82, 2.24) is 9.80 Å². The zero-order chi connectivity index (χ0) is 16.4. The number of carbonyl (C=O) groups is 1. The molecule has 1 amide bonds. The maximum absolute atomic E-state index is 13.0. The Labute approximate surface area is 136 Å². The third-order valence-corrected chi connectivity index (χ3v) is 4.87. The van der Waals surface area contributed by atoms with Crippen molar-refractivity contribution in [3.8, 4) is 0 Å². The number of halogens is 1. The zero-order valence-corrected chi connectivity index (χ0v) is 13.6. The van der Waals surface area contributed by atoms with Gasteiger partial charge in [-0.15, -0.1) is 0 Å². The van der Waals surface area contributed by atoms with Crippen LogP contribution in [0.1, 0.15) is 37.4 Å². The van der Waals surface area contributed by atoms with Crippen LogP contribution < -0.4 is 0 Å². The molecule has 5 heteroatoms. The van der Waals surface area contributed by atoms with E-state index in [1.807, 2.05) is 11.9 Å². The number of rotatable bonds is 5. The molecule has 0 radical (unpaired) electrons. The Balaban J connectivity index is 1.66. The molecule has 1 aromatic carbocycles. The molecule has 1 heterocycles. The normalized spacial score (nSPS) is 23.5. The summed E-state index contributed by atoms with van der Waals surface area (Å²) in [6.07, 6.45) is 3.25. The predicted molar refractivity (Wildman–Crippen MR) is 86.3 cm³/mol. The molecule has 2 aliphatic rings. The van der Waals surface area contributed by atoms with Gasteiger partial charge >= 0.3 is 0 Å². The first-order valence-electron chi connectivity index (χ1n) is 8.47. The van der Waals surface area contributed by atoms with E-state index in [4.69, 9.17) is 0 Å². The van der Waals surface area contributed by atoms with Gasteiger partial charge in [0, 0.05) is 12.6 Å². The van der Waals surface area contributed by atoms with E-state index in [9.17, 15) is 14.3 Å². The second kappa shape index (κ2) is 6.97. The standard InChI is InChI=1S/C18H25FN2O2/c1-20-10-2-3-14(11-20)18(23)21(16-8-9-16)12-17(22)13-4-6-15(19)7-5-13/h4-7,14,16-17,22H,2-3,8-12H2,1H3. The molecule has 1 aliphatic carbocycles. The Bertz CT molecular complexity index is 544. The van der Waals surface area contributed by atoms with Gasteiger partial charge in [0.15, 0.2) is 0 Å². The molecule has 126 valence electrons. The number of aliphatic hydroxyl groups excluding tert-OH is 1. The smallest absolute Gasteiger partial charge is 0.227 e. The minimum Gasteiger partial charge on any atom is -0.387 e. The first kappa shape index (κ1) is 16.4. The van der Waals surface area contributed by atoms with Gasteiger partial charge in [0.05, 0.1) is 18.6 Å². The van der Waals surface area contributed by atoms with Crippen LogP contribution in [-0.4, -0.2) is 53.5 Å². The summed E-state index contributed by atoms with van der Waals surface area (Å²) in [5, 5.41) is 10.4. The monoisotopic (exact) mass is 320 g/mol. The highest BCUT2D eigenvalue weighted by atomic mass is 19.1. The van der Waals surface area contributed by atoms with Crippen LogP contribution in [0, 0.1) is 11.7 Å². The van der Waals surface area contributed by atoms with Gasteiger partial charge in [0.2, 0.25) is 5.91 Å². The Morgan fingerprint density at radius 1 is 1.35 bits per heavy atom. The highest BCUT2D eigenvalue weighted by Crippen LogP contribution is 2.31. The average molecular weight is 320 g/mol. The van der Waals surface area contributed by atoms with Gasteiger partial charge < -0.3 is 14.9 Å². The molecule has 0 spiro atoms. The minimum atomic E-state index is -0.763. The summed E-state index contributed by atoms with van der Waals surface area (Å²) in [5.74, 6) is -0.115. The number of amides is 1. The van der Waals surface area contributed by atoms with Gasteiger partial charge in [-0.3, -0.25) is 4.79 Å². The summed E-state index contributed by atoms with van der Waals surface area (Å²) in [4.78, 5) is 16.9. The summed E-state index contributed by atoms with van der Waals surface area (Å²) in [7, 11) is 2.05. The molecule has 1 saturated heterocycles. The van der Waals surface area contributed by atoms with Gasteiger partial charge in [-0.1, -0.05) is 12.1 Å². The predicted octanol–water partition coefficient (Wildman–Crippen LogP) is 2.19. The minimum absolute atomic E-state index is 0.0368. The lowest BCUT2D eigenvalue weighted by Crippen LogP contribution is -2.45. The summed E-state index contributed by atoms with van der Waals surface area (Å²) in [6.45, 7) is 2.15. The van der Waals surface area contributed by atoms with Gasteiger partial charge in [0.1, 0.15) is 5.82 Å². The summed E-state index contributed by atoms with van der Waals surface area (Å²) < 4.78 is 13.0. The largest absolute Gasteiger partial charge is 0.387 e. The molecule has 1 saturated carbocycles. The number of likely N-dealkylation sites (tertiary alicyclic amines) is 1. The maximum Gasteiger partial charge on any atom is 0.227 e. The van der Waals surface area contributed by atoms with Crippen LogP contribution in [0.25, 0.3) is 0 Å². The van der Waals surface area contributed by atoms with Gasteiger partial charge in [0.25, 0.3) is 0 Å². The number of carbonyl (C=O) groups excluding carboxylic acids is 1. The number of hydrogen-bond acceptors (Lipinski definition) is 3. The Morgan fingerprint density at radius 2 is 2.04 bits per heavy atom. The van der Waals surface area contributed by atoms with Crippen LogP contribution >= 0.6 is 0 Å². The Kier molecular flexibility index (Phi) is 4.97. The second-order valence-corrected chi connectivity index (χ2v) is 6.89.